The van der Waals surface area contributed by atoms with Gasteiger partial charge in [0.1, 0.15) is 17.2 Å². The molecule has 61 heavy (non-hydrogen) atoms. The Hall–Kier alpha value is -4.95. The number of nitro benzene ring substituents is 1. The molecule has 3 aromatic carbocycles. The van der Waals surface area contributed by atoms with Crippen LogP contribution < -0.4 is 15.0 Å². The highest BCUT2D eigenvalue weighted by molar-refractivity contribution is 7.90. The molecule has 3 fully saturated rings. The van der Waals surface area contributed by atoms with Crippen LogP contribution in [-0.4, -0.2) is 90.0 Å². The molecule has 2 aliphatic heterocycles. The zero-order valence-electron chi connectivity index (χ0n) is 34.9. The van der Waals surface area contributed by atoms with Crippen LogP contribution in [0.25, 0.3) is 16.6 Å². The fraction of sp³-hybridized carbons (Fsp3) is 0.426. The number of halogens is 1. The number of pyridine rings is 1. The molecule has 1 N–H and O–H groups in total. The first kappa shape index (κ1) is 41.4. The molecule has 12 nitrogen and oxygen atoms in total. The van der Waals surface area contributed by atoms with Crippen molar-refractivity contribution in [2.24, 2.45) is 5.41 Å². The number of ether oxygens (including phenoxy) is 1. The third-order valence-electron chi connectivity index (χ3n) is 13.3. The molecule has 5 aromatic rings. The minimum absolute atomic E-state index is 0.0863. The molecular weight excluding hydrogens is 810 g/mol. The van der Waals surface area contributed by atoms with Crippen LogP contribution in [0.3, 0.4) is 0 Å². The van der Waals surface area contributed by atoms with Crippen LogP contribution in [0, 0.1) is 15.5 Å². The average molecular weight is 865 g/mol. The predicted molar refractivity (Wildman–Crippen MR) is 242 cm³/mol. The molecule has 320 valence electrons. The quantitative estimate of drug-likeness (QED) is 0.0957. The maximum absolute atomic E-state index is 13.9. The lowest BCUT2D eigenvalue weighted by Gasteiger charge is -2.42. The first-order chi connectivity index (χ1) is 29.4. The number of nitrogens with one attached hydrogen (secondary N) is 1. The molecule has 2 saturated heterocycles. The van der Waals surface area contributed by atoms with E-state index < -0.39 is 14.9 Å². The fourth-order valence-electron chi connectivity index (χ4n) is 9.45. The van der Waals surface area contributed by atoms with E-state index in [1.165, 1.54) is 61.3 Å². The summed E-state index contributed by atoms with van der Waals surface area (Å²) in [4.78, 5) is 23.5. The third kappa shape index (κ3) is 9.02. The number of piperazine rings is 1. The number of fused-ring (bicyclic) bond motifs is 1. The molecule has 0 radical (unpaired) electrons. The van der Waals surface area contributed by atoms with Crippen LogP contribution in [0.2, 0.25) is 5.02 Å². The maximum Gasteiger partial charge on any atom is 0.293 e. The van der Waals surface area contributed by atoms with E-state index in [-0.39, 0.29) is 27.7 Å². The number of benzene rings is 3. The Morgan fingerprint density at radius 1 is 0.918 bits per heavy atom. The van der Waals surface area contributed by atoms with E-state index in [0.717, 1.165) is 92.2 Å². The summed E-state index contributed by atoms with van der Waals surface area (Å²) < 4.78 is 35.2. The number of aromatic nitrogens is 2. The van der Waals surface area contributed by atoms with E-state index >= 15 is 0 Å². The fourth-order valence-corrected chi connectivity index (χ4v) is 10.9. The zero-order valence-corrected chi connectivity index (χ0v) is 36.5. The van der Waals surface area contributed by atoms with Crippen molar-refractivity contribution >= 4 is 55.3 Å². The van der Waals surface area contributed by atoms with E-state index in [2.05, 4.69) is 57.0 Å². The average Bonchev–Trinajstić information content (AvgIpc) is 3.67. The smallest absolute Gasteiger partial charge is 0.293 e. The molecule has 0 amide bonds. The van der Waals surface area contributed by atoms with Gasteiger partial charge in [-0.2, -0.15) is 0 Å². The summed E-state index contributed by atoms with van der Waals surface area (Å²) in [5.74, 6) is 1.12. The van der Waals surface area contributed by atoms with Crippen molar-refractivity contribution in [1.82, 2.24) is 18.8 Å². The Balaban J connectivity index is 0.841. The van der Waals surface area contributed by atoms with Crippen molar-refractivity contribution in [3.05, 3.63) is 118 Å². The minimum atomic E-state index is -4.21. The number of nitro groups is 1. The molecule has 9 rings (SSSR count). The first-order valence-electron chi connectivity index (χ1n) is 21.6. The number of likely N-dealkylation sites (tertiary alicyclic amines) is 1. The molecule has 0 atom stereocenters. The molecule has 0 bridgehead atoms. The van der Waals surface area contributed by atoms with Gasteiger partial charge in [-0.25, -0.2) is 17.4 Å². The van der Waals surface area contributed by atoms with Gasteiger partial charge in [0.25, 0.3) is 15.7 Å². The number of nitrogens with zero attached hydrogens (tertiary/aromatic N) is 6. The lowest BCUT2D eigenvalue weighted by Crippen LogP contribution is -2.47. The van der Waals surface area contributed by atoms with Gasteiger partial charge in [-0.15, -0.1) is 0 Å². The van der Waals surface area contributed by atoms with Crippen LogP contribution >= 0.6 is 11.6 Å². The van der Waals surface area contributed by atoms with Crippen LogP contribution in [0.4, 0.5) is 17.1 Å². The van der Waals surface area contributed by atoms with E-state index in [1.807, 2.05) is 30.3 Å². The Labute approximate surface area is 363 Å². The molecule has 4 heterocycles. The zero-order chi connectivity index (χ0) is 42.3. The lowest BCUT2D eigenvalue weighted by atomic mass is 9.72. The molecule has 1 saturated carbocycles. The molecule has 2 aliphatic carbocycles. The largest absolute Gasteiger partial charge is 0.456 e. The number of rotatable bonds is 12. The second-order valence-corrected chi connectivity index (χ2v) is 20.2. The van der Waals surface area contributed by atoms with Crippen LogP contribution in [0.15, 0.2) is 102 Å². The molecule has 0 spiro atoms. The maximum atomic E-state index is 13.9. The SMILES string of the molecule is CC1(C)CCC(CN2CCN(c3cccc(Oc4cnc5c(ccn5S(=O)(=O)c5ccc(NC6CCN(C7CCC7)CC6)c([N+](=O)[O-])c5)c4)c3)CC2)=C(c2ccc(Cl)cc2)C1. The number of hydrogen-bond donors (Lipinski definition) is 1. The van der Waals surface area contributed by atoms with Gasteiger partial charge in [0, 0.05) is 92.3 Å². The molecule has 14 heteroatoms. The van der Waals surface area contributed by atoms with E-state index in [9.17, 15) is 18.5 Å². The van der Waals surface area contributed by atoms with Gasteiger partial charge < -0.3 is 19.9 Å². The predicted octanol–water partition coefficient (Wildman–Crippen LogP) is 9.84. The van der Waals surface area contributed by atoms with E-state index in [4.69, 9.17) is 16.3 Å². The van der Waals surface area contributed by atoms with Crippen LogP contribution in [0.5, 0.6) is 11.5 Å². The van der Waals surface area contributed by atoms with Gasteiger partial charge in [0.05, 0.1) is 16.0 Å². The Kier molecular flexibility index (Phi) is 11.6. The van der Waals surface area contributed by atoms with Crippen molar-refractivity contribution in [3.8, 4) is 11.5 Å². The second kappa shape index (κ2) is 17.1. The summed E-state index contributed by atoms with van der Waals surface area (Å²) in [5, 5.41) is 16.9. The van der Waals surface area contributed by atoms with Crippen molar-refractivity contribution < 1.29 is 18.1 Å². The molecule has 4 aliphatic rings. The van der Waals surface area contributed by atoms with Gasteiger partial charge in [-0.1, -0.05) is 55.6 Å². The normalized spacial score (nSPS) is 19.6. The summed E-state index contributed by atoms with van der Waals surface area (Å²) in [6.45, 7) is 11.3. The summed E-state index contributed by atoms with van der Waals surface area (Å²) in [7, 11) is -4.21. The highest BCUT2D eigenvalue weighted by Crippen LogP contribution is 2.43. The molecular formula is C47H54ClN7O5S. The summed E-state index contributed by atoms with van der Waals surface area (Å²) in [6.07, 6.45) is 11.9. The topological polar surface area (TPSA) is 126 Å². The number of allylic oxidation sites excluding steroid dienone is 1. The summed E-state index contributed by atoms with van der Waals surface area (Å²) >= 11 is 6.23. The minimum Gasteiger partial charge on any atom is -0.456 e. The molecule has 2 aromatic heterocycles. The van der Waals surface area contributed by atoms with Crippen molar-refractivity contribution in [2.75, 3.05) is 56.0 Å². The van der Waals surface area contributed by atoms with E-state index in [1.54, 1.807) is 17.7 Å². The summed E-state index contributed by atoms with van der Waals surface area (Å²) in [6, 6.07) is 24.6. The number of piperidine rings is 1. The van der Waals surface area contributed by atoms with Crippen molar-refractivity contribution in [2.45, 2.75) is 82.2 Å². The highest BCUT2D eigenvalue weighted by Gasteiger charge is 2.32. The Morgan fingerprint density at radius 2 is 1.69 bits per heavy atom. The Bertz CT molecular complexity index is 2560. The first-order valence-corrected chi connectivity index (χ1v) is 23.4. The van der Waals surface area contributed by atoms with Gasteiger partial charge in [-0.05, 0) is 110 Å². The Morgan fingerprint density at radius 3 is 2.41 bits per heavy atom. The number of hydrogen-bond acceptors (Lipinski definition) is 10. The monoisotopic (exact) mass is 863 g/mol. The van der Waals surface area contributed by atoms with Gasteiger partial charge >= 0.3 is 0 Å². The van der Waals surface area contributed by atoms with Crippen LogP contribution in [-0.2, 0) is 10.0 Å². The van der Waals surface area contributed by atoms with Gasteiger partial charge in [-0.3, -0.25) is 15.0 Å². The molecule has 0 unspecified atom stereocenters. The van der Waals surface area contributed by atoms with Gasteiger partial charge in [0.2, 0.25) is 0 Å². The highest BCUT2D eigenvalue weighted by atomic mass is 35.5. The summed E-state index contributed by atoms with van der Waals surface area (Å²) in [5.41, 5.74) is 5.92. The van der Waals surface area contributed by atoms with Crippen molar-refractivity contribution in [1.29, 1.82) is 0 Å². The van der Waals surface area contributed by atoms with Crippen molar-refractivity contribution in [3.63, 3.8) is 0 Å². The number of anilines is 2. The second-order valence-electron chi connectivity index (χ2n) is 18.0. The standard InChI is InChI=1S/C47H54ClN7O5S/c1-47(2)19-15-35(43(30-47)33-9-11-36(48)12-10-33)32-51-23-25-53(26-24-51)39-7-4-8-40(28-39)60-41-27-34-16-22-54(46(34)49-31-41)61(58,59)42-13-14-44(45(29-42)55(56)57)50-37-17-20-52(21-18-37)38-5-3-6-38/h4,7-14,16,22,27-29,31,37-38,50H,3,5-6,15,17-21,23-26,30,32H2,1-2H3. The van der Waals surface area contributed by atoms with Crippen LogP contribution in [0.1, 0.15) is 70.8 Å². The lowest BCUT2D eigenvalue weighted by molar-refractivity contribution is -0.384. The van der Waals surface area contributed by atoms with Gasteiger partial charge in [0.15, 0.2) is 5.65 Å². The van der Waals surface area contributed by atoms with E-state index in [0.29, 0.717) is 28.6 Å². The third-order valence-corrected chi connectivity index (χ3v) is 15.2.